The number of rotatable bonds is 3. The number of nitrogens with zero attached hydrogens (tertiary/aromatic N) is 3. The van der Waals surface area contributed by atoms with Gasteiger partial charge in [0.25, 0.3) is 0 Å². The molecule has 0 saturated carbocycles. The van der Waals surface area contributed by atoms with Crippen molar-refractivity contribution in [2.75, 3.05) is 13.6 Å². The van der Waals surface area contributed by atoms with Crippen LogP contribution in [-0.4, -0.2) is 39.9 Å². The Morgan fingerprint density at radius 1 is 1.00 bits per heavy atom. The first-order valence-corrected chi connectivity index (χ1v) is 13.2. The van der Waals surface area contributed by atoms with E-state index in [0.717, 1.165) is 6.54 Å². The summed E-state index contributed by atoms with van der Waals surface area (Å²) in [6.07, 6.45) is 4.09. The van der Waals surface area contributed by atoms with Gasteiger partial charge in [-0.3, -0.25) is 0 Å². The molecule has 0 amide bonds. The molecule has 0 atom stereocenters. The van der Waals surface area contributed by atoms with Crippen LogP contribution in [0.4, 0.5) is 0 Å². The first kappa shape index (κ1) is 21.2. The van der Waals surface area contributed by atoms with E-state index in [-0.39, 0.29) is 35.6 Å². The Labute approximate surface area is 144 Å². The van der Waals surface area contributed by atoms with Crippen molar-refractivity contribution >= 4 is 16.5 Å². The van der Waals surface area contributed by atoms with Gasteiger partial charge in [0, 0.05) is 35.6 Å². The Morgan fingerprint density at radius 2 is 1.44 bits per heavy atom. The van der Waals surface area contributed by atoms with Gasteiger partial charge in [-0.25, -0.2) is 0 Å². The smallest absolute Gasteiger partial charge is 0 e. The van der Waals surface area contributed by atoms with Crippen LogP contribution in [0.2, 0.25) is 39.3 Å². The molecule has 0 spiro atoms. The minimum absolute atomic E-state index is 0. The Kier molecular flexibility index (Phi) is 10.6. The predicted octanol–water partition coefficient (Wildman–Crippen LogP) is 3.87. The third-order valence-corrected chi connectivity index (χ3v) is 7.23. The molecular formula is C12H29LaN3Si2-2. The normalized spacial score (nSPS) is 15.1. The third kappa shape index (κ3) is 13.4. The van der Waals surface area contributed by atoms with E-state index in [1.54, 1.807) is 0 Å². The van der Waals surface area contributed by atoms with Gasteiger partial charge < -0.3 is 14.4 Å². The number of hydrogen-bond donors (Lipinski definition) is 0. The van der Waals surface area contributed by atoms with Gasteiger partial charge in [-0.15, -0.1) is 0 Å². The van der Waals surface area contributed by atoms with E-state index in [4.69, 9.17) is 4.65 Å². The molecule has 1 heterocycles. The second-order valence-electron chi connectivity index (χ2n) is 6.36. The minimum Gasteiger partial charge on any atom is -0.668 e. The maximum absolute atomic E-state index is 4.82. The molecule has 0 aliphatic carbocycles. The summed E-state index contributed by atoms with van der Waals surface area (Å²) in [6, 6.07) is 0. The number of hydrogen-bond acceptors (Lipinski definition) is 2. The molecule has 1 radical (unpaired) electrons. The van der Waals surface area contributed by atoms with Gasteiger partial charge in [0.15, 0.2) is 0 Å². The molecule has 0 saturated heterocycles. The van der Waals surface area contributed by atoms with Crippen LogP contribution >= 0.6 is 0 Å². The van der Waals surface area contributed by atoms with Crippen LogP contribution < -0.4 is 0 Å². The molecule has 105 valence electrons. The molecule has 0 aromatic carbocycles. The molecule has 1 aliphatic rings. The molecule has 0 bridgehead atoms. The van der Waals surface area contributed by atoms with Crippen molar-refractivity contribution in [1.82, 2.24) is 9.80 Å². The van der Waals surface area contributed by atoms with E-state index >= 15 is 0 Å². The van der Waals surface area contributed by atoms with E-state index in [1.807, 2.05) is 18.1 Å². The van der Waals surface area contributed by atoms with Gasteiger partial charge in [-0.05, 0) is 26.0 Å². The standard InChI is InChI=1S/C6H11N2.C6H18NSi2.La/c1-3-8-5-4-7(2)6-8;1-8(2,3)7-9(4,5)6;/h4-6H,3H2,1-2H3;1-6H3;/q2*-1;. The summed E-state index contributed by atoms with van der Waals surface area (Å²) in [4.78, 5) is 4.16. The molecule has 1 rings (SSSR count). The first-order valence-electron chi connectivity index (χ1n) is 6.28. The maximum Gasteiger partial charge on any atom is 0 e. The van der Waals surface area contributed by atoms with Crippen molar-refractivity contribution in [2.24, 2.45) is 0 Å². The quantitative estimate of drug-likeness (QED) is 0.520. The fourth-order valence-electron chi connectivity index (χ4n) is 1.70. The fourth-order valence-corrected chi connectivity index (χ4v) is 9.74. The zero-order chi connectivity index (χ0) is 13.7. The van der Waals surface area contributed by atoms with Crippen molar-refractivity contribution < 1.29 is 35.6 Å². The van der Waals surface area contributed by atoms with Crippen LogP contribution in [0.1, 0.15) is 6.92 Å². The van der Waals surface area contributed by atoms with Crippen molar-refractivity contribution in [3.8, 4) is 0 Å². The van der Waals surface area contributed by atoms with Crippen molar-refractivity contribution in [3.63, 3.8) is 0 Å². The second-order valence-corrected chi connectivity index (χ2v) is 15.9. The summed E-state index contributed by atoms with van der Waals surface area (Å²) in [7, 11) is -0.192. The zero-order valence-electron chi connectivity index (χ0n) is 13.4. The summed E-state index contributed by atoms with van der Waals surface area (Å²) in [5, 5.41) is 0. The molecule has 18 heavy (non-hydrogen) atoms. The largest absolute Gasteiger partial charge is 0.668 e. The Balaban J connectivity index is 0. The maximum atomic E-state index is 4.82. The summed E-state index contributed by atoms with van der Waals surface area (Å²) < 4.78 is 4.82. The average Bonchev–Trinajstić information content (AvgIpc) is 2.45. The Hall–Kier alpha value is 0.929. The molecule has 0 aromatic heterocycles. The van der Waals surface area contributed by atoms with Gasteiger partial charge in [-0.2, -0.15) is 6.67 Å². The molecule has 0 unspecified atom stereocenters. The molecular weight excluding hydrogens is 381 g/mol. The average molecular weight is 410 g/mol. The van der Waals surface area contributed by atoms with E-state index in [0.29, 0.717) is 0 Å². The van der Waals surface area contributed by atoms with Crippen molar-refractivity contribution in [2.45, 2.75) is 46.2 Å². The molecule has 3 nitrogen and oxygen atoms in total. The second kappa shape index (κ2) is 8.97. The van der Waals surface area contributed by atoms with Crippen LogP contribution in [-0.2, 0) is 0 Å². The molecule has 1 aliphatic heterocycles. The third-order valence-electron chi connectivity index (χ3n) is 1.86. The first-order chi connectivity index (χ1) is 7.53. The summed E-state index contributed by atoms with van der Waals surface area (Å²) >= 11 is 0. The predicted molar refractivity (Wildman–Crippen MR) is 83.6 cm³/mol. The van der Waals surface area contributed by atoms with Gasteiger partial charge in [0.1, 0.15) is 0 Å². The fraction of sp³-hybridized carbons (Fsp3) is 0.750. The Bertz CT molecular complexity index is 235. The van der Waals surface area contributed by atoms with E-state index in [2.05, 4.69) is 64.0 Å². The van der Waals surface area contributed by atoms with Crippen LogP contribution in [0.25, 0.3) is 4.65 Å². The van der Waals surface area contributed by atoms with E-state index in [9.17, 15) is 0 Å². The molecule has 0 aromatic rings. The van der Waals surface area contributed by atoms with Gasteiger partial charge in [-0.1, -0.05) is 62.7 Å². The van der Waals surface area contributed by atoms with Crippen LogP contribution in [0.5, 0.6) is 0 Å². The SMILES string of the molecule is CCN1C=CN(C)[CH-]1.C[Si](C)(C)[N-][Si](C)(C)C.[La]. The molecule has 0 fully saturated rings. The molecule has 0 N–H and O–H groups in total. The van der Waals surface area contributed by atoms with Crippen LogP contribution in [0.15, 0.2) is 12.4 Å². The Morgan fingerprint density at radius 3 is 1.56 bits per heavy atom. The van der Waals surface area contributed by atoms with E-state index in [1.165, 1.54) is 0 Å². The van der Waals surface area contributed by atoms with Crippen molar-refractivity contribution in [3.05, 3.63) is 23.7 Å². The van der Waals surface area contributed by atoms with Crippen LogP contribution in [0, 0.1) is 42.3 Å². The summed E-state index contributed by atoms with van der Waals surface area (Å²) in [5.74, 6) is 0. The van der Waals surface area contributed by atoms with E-state index < -0.39 is 16.5 Å². The van der Waals surface area contributed by atoms with Gasteiger partial charge in [0.05, 0.1) is 0 Å². The van der Waals surface area contributed by atoms with Crippen LogP contribution in [0.3, 0.4) is 0 Å². The minimum atomic E-state index is -1.11. The van der Waals surface area contributed by atoms with Crippen molar-refractivity contribution in [1.29, 1.82) is 0 Å². The van der Waals surface area contributed by atoms with Gasteiger partial charge >= 0.3 is 0 Å². The monoisotopic (exact) mass is 410 g/mol. The zero-order valence-corrected chi connectivity index (χ0v) is 19.0. The van der Waals surface area contributed by atoms with Gasteiger partial charge in [0.2, 0.25) is 0 Å². The topological polar surface area (TPSA) is 20.6 Å². The molecule has 6 heteroatoms. The summed E-state index contributed by atoms with van der Waals surface area (Å²) in [5.41, 5.74) is 0. The summed E-state index contributed by atoms with van der Waals surface area (Å²) in [6.45, 7) is 19.0.